The van der Waals surface area contributed by atoms with E-state index in [4.69, 9.17) is 5.11 Å². The second kappa shape index (κ2) is 6.86. The van der Waals surface area contributed by atoms with Crippen LogP contribution in [0, 0.1) is 5.92 Å². The topological polar surface area (TPSA) is 52.6 Å². The fraction of sp³-hybridized carbons (Fsp3) is 0.917. The van der Waals surface area contributed by atoms with Crippen molar-refractivity contribution in [2.45, 2.75) is 39.2 Å². The maximum Gasteiger partial charge on any atom is 0.234 e. The van der Waals surface area contributed by atoms with Crippen LogP contribution in [-0.4, -0.2) is 48.2 Å². The molecule has 1 heterocycles. The first kappa shape index (κ1) is 13.5. The van der Waals surface area contributed by atoms with Gasteiger partial charge in [-0.3, -0.25) is 9.69 Å². The SMILES string of the molecule is CCC(C)NC(=O)CN1CCCC(CO)C1. The van der Waals surface area contributed by atoms with Crippen LogP contribution >= 0.6 is 0 Å². The van der Waals surface area contributed by atoms with Gasteiger partial charge in [-0.15, -0.1) is 0 Å². The molecule has 0 bridgehead atoms. The third kappa shape index (κ3) is 4.49. The summed E-state index contributed by atoms with van der Waals surface area (Å²) < 4.78 is 0. The normalized spacial score (nSPS) is 24.1. The maximum atomic E-state index is 11.7. The summed E-state index contributed by atoms with van der Waals surface area (Å²) in [6.45, 7) is 6.62. The van der Waals surface area contributed by atoms with E-state index in [-0.39, 0.29) is 18.6 Å². The molecule has 0 saturated carbocycles. The quantitative estimate of drug-likeness (QED) is 0.725. The molecule has 16 heavy (non-hydrogen) atoms. The van der Waals surface area contributed by atoms with E-state index in [2.05, 4.69) is 17.1 Å². The lowest BCUT2D eigenvalue weighted by Crippen LogP contribution is -2.45. The number of piperidine rings is 1. The van der Waals surface area contributed by atoms with Gasteiger partial charge in [0.2, 0.25) is 5.91 Å². The molecule has 1 rings (SSSR count). The van der Waals surface area contributed by atoms with Crippen LogP contribution in [0.4, 0.5) is 0 Å². The summed E-state index contributed by atoms with van der Waals surface area (Å²) in [6, 6.07) is 0.255. The molecule has 0 aromatic rings. The van der Waals surface area contributed by atoms with Gasteiger partial charge in [0.05, 0.1) is 6.54 Å². The minimum absolute atomic E-state index is 0.105. The van der Waals surface area contributed by atoms with Gasteiger partial charge in [-0.25, -0.2) is 0 Å². The van der Waals surface area contributed by atoms with E-state index < -0.39 is 0 Å². The number of rotatable bonds is 5. The Morgan fingerprint density at radius 3 is 3.00 bits per heavy atom. The number of hydrogen-bond donors (Lipinski definition) is 2. The first-order valence-corrected chi connectivity index (χ1v) is 6.28. The lowest BCUT2D eigenvalue weighted by Gasteiger charge is -2.31. The molecular weight excluding hydrogens is 204 g/mol. The first-order chi connectivity index (χ1) is 7.65. The van der Waals surface area contributed by atoms with Crippen molar-refractivity contribution in [1.29, 1.82) is 0 Å². The zero-order valence-electron chi connectivity index (χ0n) is 10.4. The van der Waals surface area contributed by atoms with Crippen molar-refractivity contribution < 1.29 is 9.90 Å². The van der Waals surface area contributed by atoms with Crippen LogP contribution in [0.5, 0.6) is 0 Å². The molecule has 2 unspecified atom stereocenters. The van der Waals surface area contributed by atoms with Crippen LogP contribution in [0.2, 0.25) is 0 Å². The molecule has 4 heteroatoms. The third-order valence-corrected chi connectivity index (χ3v) is 3.25. The Bertz CT molecular complexity index is 221. The number of likely N-dealkylation sites (tertiary alicyclic amines) is 1. The summed E-state index contributed by atoms with van der Waals surface area (Å²) in [5, 5.41) is 12.1. The minimum atomic E-state index is 0.105. The highest BCUT2D eigenvalue weighted by molar-refractivity contribution is 5.78. The minimum Gasteiger partial charge on any atom is -0.396 e. The van der Waals surface area contributed by atoms with Crippen molar-refractivity contribution in [2.75, 3.05) is 26.2 Å². The molecular formula is C12H24N2O2. The van der Waals surface area contributed by atoms with E-state index in [0.29, 0.717) is 12.5 Å². The second-order valence-corrected chi connectivity index (χ2v) is 4.80. The van der Waals surface area contributed by atoms with Gasteiger partial charge in [-0.2, -0.15) is 0 Å². The fourth-order valence-corrected chi connectivity index (χ4v) is 2.07. The van der Waals surface area contributed by atoms with Gasteiger partial charge >= 0.3 is 0 Å². The number of nitrogens with one attached hydrogen (secondary N) is 1. The van der Waals surface area contributed by atoms with Crippen molar-refractivity contribution in [3.05, 3.63) is 0 Å². The maximum absolute atomic E-state index is 11.7. The van der Waals surface area contributed by atoms with Gasteiger partial charge in [0.15, 0.2) is 0 Å². The van der Waals surface area contributed by atoms with Crippen molar-refractivity contribution >= 4 is 5.91 Å². The van der Waals surface area contributed by atoms with Crippen LogP contribution in [0.15, 0.2) is 0 Å². The van der Waals surface area contributed by atoms with Crippen LogP contribution in [0.25, 0.3) is 0 Å². The number of aliphatic hydroxyl groups excluding tert-OH is 1. The van der Waals surface area contributed by atoms with E-state index in [9.17, 15) is 4.79 Å². The predicted molar refractivity (Wildman–Crippen MR) is 64.1 cm³/mol. The van der Waals surface area contributed by atoms with E-state index in [1.807, 2.05) is 6.92 Å². The van der Waals surface area contributed by atoms with Crippen molar-refractivity contribution in [3.8, 4) is 0 Å². The highest BCUT2D eigenvalue weighted by atomic mass is 16.3. The van der Waals surface area contributed by atoms with Gasteiger partial charge in [0.1, 0.15) is 0 Å². The zero-order valence-corrected chi connectivity index (χ0v) is 10.4. The first-order valence-electron chi connectivity index (χ1n) is 6.28. The Kier molecular flexibility index (Phi) is 5.77. The monoisotopic (exact) mass is 228 g/mol. The lowest BCUT2D eigenvalue weighted by atomic mass is 9.99. The molecule has 4 nitrogen and oxygen atoms in total. The third-order valence-electron chi connectivity index (χ3n) is 3.25. The van der Waals surface area contributed by atoms with Gasteiger partial charge in [0, 0.05) is 19.2 Å². The Hall–Kier alpha value is -0.610. The highest BCUT2D eigenvalue weighted by Gasteiger charge is 2.21. The fourth-order valence-electron chi connectivity index (χ4n) is 2.07. The van der Waals surface area contributed by atoms with E-state index in [0.717, 1.165) is 32.4 Å². The molecule has 2 atom stereocenters. The zero-order chi connectivity index (χ0) is 12.0. The summed E-state index contributed by atoms with van der Waals surface area (Å²) in [4.78, 5) is 13.8. The van der Waals surface area contributed by atoms with Crippen LogP contribution < -0.4 is 5.32 Å². The van der Waals surface area contributed by atoms with E-state index >= 15 is 0 Å². The van der Waals surface area contributed by atoms with Gasteiger partial charge in [-0.1, -0.05) is 6.92 Å². The van der Waals surface area contributed by atoms with E-state index in [1.165, 1.54) is 0 Å². The number of carbonyl (C=O) groups excluding carboxylic acids is 1. The average molecular weight is 228 g/mol. The van der Waals surface area contributed by atoms with Crippen LogP contribution in [0.3, 0.4) is 0 Å². The molecule has 1 aliphatic rings. The van der Waals surface area contributed by atoms with Gasteiger partial charge < -0.3 is 10.4 Å². The summed E-state index contributed by atoms with van der Waals surface area (Å²) in [7, 11) is 0. The largest absolute Gasteiger partial charge is 0.396 e. The molecule has 1 aliphatic heterocycles. The summed E-state index contributed by atoms with van der Waals surface area (Å²) in [5.41, 5.74) is 0. The van der Waals surface area contributed by atoms with Crippen LogP contribution in [0.1, 0.15) is 33.1 Å². The molecule has 1 amide bonds. The van der Waals surface area contributed by atoms with Crippen molar-refractivity contribution in [3.63, 3.8) is 0 Å². The van der Waals surface area contributed by atoms with Crippen LogP contribution in [-0.2, 0) is 4.79 Å². The average Bonchev–Trinajstić information content (AvgIpc) is 2.28. The number of nitrogens with zero attached hydrogens (tertiary/aromatic N) is 1. The van der Waals surface area contributed by atoms with Gasteiger partial charge in [0.25, 0.3) is 0 Å². The van der Waals surface area contributed by atoms with Crippen molar-refractivity contribution in [1.82, 2.24) is 10.2 Å². The lowest BCUT2D eigenvalue weighted by molar-refractivity contribution is -0.123. The highest BCUT2D eigenvalue weighted by Crippen LogP contribution is 2.15. The Morgan fingerprint density at radius 2 is 2.38 bits per heavy atom. The van der Waals surface area contributed by atoms with Gasteiger partial charge in [-0.05, 0) is 38.6 Å². The van der Waals surface area contributed by atoms with Crippen molar-refractivity contribution in [2.24, 2.45) is 5.92 Å². The molecule has 1 fully saturated rings. The van der Waals surface area contributed by atoms with E-state index in [1.54, 1.807) is 0 Å². The molecule has 1 saturated heterocycles. The Labute approximate surface area is 98.0 Å². The smallest absolute Gasteiger partial charge is 0.234 e. The Morgan fingerprint density at radius 1 is 1.62 bits per heavy atom. The molecule has 94 valence electrons. The molecule has 2 N–H and O–H groups in total. The number of amides is 1. The summed E-state index contributed by atoms with van der Waals surface area (Å²) in [5.74, 6) is 0.457. The second-order valence-electron chi connectivity index (χ2n) is 4.80. The number of carbonyl (C=O) groups is 1. The number of hydrogen-bond acceptors (Lipinski definition) is 3. The summed E-state index contributed by atoms with van der Waals surface area (Å²) in [6.07, 6.45) is 3.13. The molecule has 0 aromatic heterocycles. The Balaban J connectivity index is 2.27. The molecule has 0 aliphatic carbocycles. The standard InChI is InChI=1S/C12H24N2O2/c1-3-10(2)13-12(16)8-14-6-4-5-11(7-14)9-15/h10-11,15H,3-9H2,1-2H3,(H,13,16). The predicted octanol–water partition coefficient (Wildman–Crippen LogP) is 0.605. The number of aliphatic hydroxyl groups is 1. The molecule has 0 radical (unpaired) electrons. The molecule has 0 aromatic carbocycles. The molecule has 0 spiro atoms. The summed E-state index contributed by atoms with van der Waals surface area (Å²) >= 11 is 0.